The van der Waals surface area contributed by atoms with Crippen LogP contribution >= 0.6 is 0 Å². The number of aromatic nitrogens is 2. The molecule has 18 heteroatoms. The second kappa shape index (κ2) is 17.0. The fraction of sp³-hybridized carbons (Fsp3) is 0.545. The largest absolute Gasteiger partial charge is 0.481 e. The molecule has 1 rings (SSSR count). The van der Waals surface area contributed by atoms with Crippen molar-refractivity contribution in [3.05, 3.63) is 18.2 Å². The summed E-state index contributed by atoms with van der Waals surface area (Å²) >= 11 is 0. The molecule has 0 saturated carbocycles. The summed E-state index contributed by atoms with van der Waals surface area (Å²) in [6, 6.07) is -5.26. The number of imidazole rings is 1. The molecule has 0 aliphatic carbocycles. The van der Waals surface area contributed by atoms with E-state index >= 15 is 0 Å². The maximum absolute atomic E-state index is 13.3. The molecule has 0 aliphatic rings. The fourth-order valence-corrected chi connectivity index (χ4v) is 3.38. The number of hydrogen-bond acceptors (Lipinski definition) is 9. The molecule has 4 amide bonds. The maximum Gasteiger partial charge on any atom is 0.326 e. The number of amides is 4. The molecule has 0 saturated heterocycles. The van der Waals surface area contributed by atoms with E-state index in [0.717, 1.165) is 0 Å². The number of aliphatic carboxylic acids is 2. The van der Waals surface area contributed by atoms with Gasteiger partial charge in [0.25, 0.3) is 0 Å². The molecule has 14 N–H and O–H groups in total. The van der Waals surface area contributed by atoms with Gasteiger partial charge in [0.15, 0.2) is 5.96 Å². The SMILES string of the molecule is NC(=O)CCC(N)C(=O)NC(Cc1cnc[nH]1)C(=O)NC(CCCN=C(N)N)C(=O)NC(CCC(=O)O)C(=O)O. The lowest BCUT2D eigenvalue weighted by Crippen LogP contribution is -2.57. The summed E-state index contributed by atoms with van der Waals surface area (Å²) < 4.78 is 0. The van der Waals surface area contributed by atoms with E-state index in [2.05, 4.69) is 30.9 Å². The highest BCUT2D eigenvalue weighted by molar-refractivity contribution is 5.94. The van der Waals surface area contributed by atoms with Crippen molar-refractivity contribution in [2.45, 2.75) is 69.1 Å². The quantitative estimate of drug-likeness (QED) is 0.0433. The summed E-state index contributed by atoms with van der Waals surface area (Å²) in [5.74, 6) is -6.05. The molecule has 0 aliphatic heterocycles. The van der Waals surface area contributed by atoms with Crippen molar-refractivity contribution in [2.75, 3.05) is 6.54 Å². The van der Waals surface area contributed by atoms with Crippen LogP contribution in [0.2, 0.25) is 0 Å². The molecular weight excluding hydrogens is 532 g/mol. The van der Waals surface area contributed by atoms with E-state index in [1.807, 2.05) is 0 Å². The van der Waals surface area contributed by atoms with Crippen LogP contribution in [0.4, 0.5) is 0 Å². The van der Waals surface area contributed by atoms with Crippen molar-refractivity contribution >= 4 is 41.5 Å². The number of carbonyl (C=O) groups is 6. The number of guanidine groups is 1. The van der Waals surface area contributed by atoms with E-state index in [1.165, 1.54) is 12.5 Å². The van der Waals surface area contributed by atoms with E-state index in [1.54, 1.807) is 0 Å². The molecule has 0 bridgehead atoms. The number of rotatable bonds is 19. The van der Waals surface area contributed by atoms with Crippen molar-refractivity contribution < 1.29 is 39.0 Å². The smallest absolute Gasteiger partial charge is 0.326 e. The van der Waals surface area contributed by atoms with E-state index < -0.39 is 72.6 Å². The number of carbonyl (C=O) groups excluding carboxylic acids is 4. The van der Waals surface area contributed by atoms with Crippen LogP contribution in [0.25, 0.3) is 0 Å². The Bertz CT molecular complexity index is 1060. The van der Waals surface area contributed by atoms with Gasteiger partial charge in [-0.25, -0.2) is 9.78 Å². The number of nitrogens with two attached hydrogens (primary N) is 4. The zero-order valence-electron chi connectivity index (χ0n) is 21.7. The van der Waals surface area contributed by atoms with Crippen molar-refractivity contribution in [1.29, 1.82) is 0 Å². The Kier molecular flexibility index (Phi) is 14.1. The zero-order chi connectivity index (χ0) is 30.2. The predicted molar refractivity (Wildman–Crippen MR) is 139 cm³/mol. The molecule has 18 nitrogen and oxygen atoms in total. The van der Waals surface area contributed by atoms with Crippen molar-refractivity contribution in [2.24, 2.45) is 27.9 Å². The van der Waals surface area contributed by atoms with Crippen LogP contribution in [0, 0.1) is 0 Å². The van der Waals surface area contributed by atoms with Crippen LogP contribution < -0.4 is 38.9 Å². The van der Waals surface area contributed by atoms with Gasteiger partial charge in [0.2, 0.25) is 23.6 Å². The number of aliphatic imine (C=N–C) groups is 1. The first kappa shape index (κ1) is 33.3. The average molecular weight is 569 g/mol. The Morgan fingerprint density at radius 3 is 2.05 bits per heavy atom. The third-order valence-corrected chi connectivity index (χ3v) is 5.49. The van der Waals surface area contributed by atoms with Crippen molar-refractivity contribution in [1.82, 2.24) is 25.9 Å². The van der Waals surface area contributed by atoms with Gasteiger partial charge in [-0.2, -0.15) is 0 Å². The maximum atomic E-state index is 13.3. The number of hydrogen-bond donors (Lipinski definition) is 10. The van der Waals surface area contributed by atoms with Gasteiger partial charge in [0.05, 0.1) is 12.4 Å². The summed E-state index contributed by atoms with van der Waals surface area (Å²) in [5, 5.41) is 25.5. The second-order valence-electron chi connectivity index (χ2n) is 8.80. The molecule has 0 fully saturated rings. The van der Waals surface area contributed by atoms with Crippen LogP contribution in [0.15, 0.2) is 17.5 Å². The molecule has 40 heavy (non-hydrogen) atoms. The van der Waals surface area contributed by atoms with Crippen LogP contribution in [0.5, 0.6) is 0 Å². The highest BCUT2D eigenvalue weighted by Crippen LogP contribution is 2.06. The molecule has 0 radical (unpaired) electrons. The molecule has 0 spiro atoms. The van der Waals surface area contributed by atoms with Crippen molar-refractivity contribution in [3.63, 3.8) is 0 Å². The molecule has 222 valence electrons. The van der Waals surface area contributed by atoms with Gasteiger partial charge in [0, 0.05) is 37.7 Å². The Labute approximate surface area is 228 Å². The second-order valence-corrected chi connectivity index (χ2v) is 8.80. The first-order valence-electron chi connectivity index (χ1n) is 12.2. The van der Waals surface area contributed by atoms with E-state index in [-0.39, 0.29) is 44.6 Å². The average Bonchev–Trinajstić information content (AvgIpc) is 3.38. The molecule has 1 aromatic heterocycles. The van der Waals surface area contributed by atoms with Gasteiger partial charge in [-0.15, -0.1) is 0 Å². The summed E-state index contributed by atoms with van der Waals surface area (Å²) in [7, 11) is 0. The molecule has 4 unspecified atom stereocenters. The number of H-pyrrole nitrogens is 1. The summed E-state index contributed by atoms with van der Waals surface area (Å²) in [5.41, 5.74) is 22.0. The van der Waals surface area contributed by atoms with Gasteiger partial charge in [-0.05, 0) is 25.7 Å². The number of carboxylic acid groups (broad SMARTS) is 2. The molecule has 4 atom stereocenters. The minimum absolute atomic E-state index is 0.0392. The summed E-state index contributed by atoms with van der Waals surface area (Å²) in [6.45, 7) is 0.0897. The van der Waals surface area contributed by atoms with Gasteiger partial charge in [0.1, 0.15) is 18.1 Å². The predicted octanol–water partition coefficient (Wildman–Crippen LogP) is -4.00. The molecule has 0 aromatic carbocycles. The van der Waals surface area contributed by atoms with E-state index in [4.69, 9.17) is 28.0 Å². The number of carboxylic acids is 2. The Balaban J connectivity index is 3.10. The first-order chi connectivity index (χ1) is 18.8. The standard InChI is InChI=1S/C22H36N10O8/c23-12(3-5-16(24)33)18(36)32-15(8-11-9-27-10-29-11)20(38)30-13(2-1-7-28-22(25)26)19(37)31-14(21(39)40)4-6-17(34)35/h9-10,12-15H,1-8,23H2,(H2,24,33)(H,27,29)(H,30,38)(H,31,37)(H,32,36)(H,34,35)(H,39,40)(H4,25,26,28). The van der Waals surface area contributed by atoms with Gasteiger partial charge >= 0.3 is 11.9 Å². The number of nitrogens with one attached hydrogen (secondary N) is 4. The Morgan fingerprint density at radius 1 is 0.875 bits per heavy atom. The Morgan fingerprint density at radius 2 is 1.50 bits per heavy atom. The molecular formula is C22H36N10O8. The van der Waals surface area contributed by atoms with Crippen LogP contribution in [0.3, 0.4) is 0 Å². The minimum atomic E-state index is -1.54. The first-order valence-corrected chi connectivity index (χ1v) is 12.2. The van der Waals surface area contributed by atoms with Crippen LogP contribution in [-0.4, -0.2) is 92.4 Å². The monoisotopic (exact) mass is 568 g/mol. The minimum Gasteiger partial charge on any atom is -0.481 e. The number of nitrogens with zero attached hydrogens (tertiary/aromatic N) is 2. The lowest BCUT2D eigenvalue weighted by atomic mass is 10.1. The third-order valence-electron chi connectivity index (χ3n) is 5.49. The molecule has 1 heterocycles. The fourth-order valence-electron chi connectivity index (χ4n) is 3.38. The topological polar surface area (TPSA) is 324 Å². The highest BCUT2D eigenvalue weighted by atomic mass is 16.4. The van der Waals surface area contributed by atoms with E-state index in [9.17, 15) is 33.9 Å². The van der Waals surface area contributed by atoms with Crippen molar-refractivity contribution in [3.8, 4) is 0 Å². The zero-order valence-corrected chi connectivity index (χ0v) is 21.7. The lowest BCUT2D eigenvalue weighted by molar-refractivity contribution is -0.143. The normalized spacial score (nSPS) is 13.6. The van der Waals surface area contributed by atoms with Crippen LogP contribution in [-0.2, 0) is 35.2 Å². The lowest BCUT2D eigenvalue weighted by Gasteiger charge is -2.25. The van der Waals surface area contributed by atoms with Crippen LogP contribution in [0.1, 0.15) is 44.2 Å². The van der Waals surface area contributed by atoms with Gasteiger partial charge in [-0.1, -0.05) is 0 Å². The van der Waals surface area contributed by atoms with Gasteiger partial charge in [-0.3, -0.25) is 29.0 Å². The summed E-state index contributed by atoms with van der Waals surface area (Å²) in [4.78, 5) is 82.8. The third kappa shape index (κ3) is 13.2. The Hall–Kier alpha value is -4.74. The molecule has 1 aromatic rings. The summed E-state index contributed by atoms with van der Waals surface area (Å²) in [6.07, 6.45) is 1.70. The van der Waals surface area contributed by atoms with E-state index in [0.29, 0.717) is 5.69 Å². The number of primary amides is 1. The van der Waals surface area contributed by atoms with Gasteiger partial charge < -0.3 is 54.1 Å². The number of aromatic amines is 1. The highest BCUT2D eigenvalue weighted by Gasteiger charge is 2.31.